The molecule has 0 saturated carbocycles. The lowest BCUT2D eigenvalue weighted by atomic mass is 10.0. The molecule has 0 atom stereocenters. The summed E-state index contributed by atoms with van der Waals surface area (Å²) in [7, 11) is 0. The van der Waals surface area contributed by atoms with E-state index >= 15 is 0 Å². The maximum absolute atomic E-state index is 12.1. The van der Waals surface area contributed by atoms with Gasteiger partial charge in [0.25, 0.3) is 0 Å². The number of carbonyl (C=O) groups excluding carboxylic acids is 2. The van der Waals surface area contributed by atoms with Crippen LogP contribution in [0.4, 0.5) is 0 Å². The largest absolute Gasteiger partial charge is 0.307 e. The van der Waals surface area contributed by atoms with Crippen molar-refractivity contribution < 1.29 is 9.59 Å². The standard InChI is InChI=1S/C20H34N4O2S2/c1-13(25)23-17(3,4)15(21-19(23,7)8)27-11-12-28-16-18(5,6)24(14(2)26)20(9,10)22-16/h11-12H2,1-10H3. The van der Waals surface area contributed by atoms with Crippen LogP contribution in [-0.4, -0.2) is 65.6 Å². The Hall–Kier alpha value is -1.02. The van der Waals surface area contributed by atoms with E-state index in [0.717, 1.165) is 21.6 Å². The average Bonchev–Trinajstić information content (AvgIpc) is 2.76. The van der Waals surface area contributed by atoms with Gasteiger partial charge >= 0.3 is 0 Å². The molecule has 2 heterocycles. The minimum Gasteiger partial charge on any atom is -0.307 e. The normalized spacial score (nSPS) is 24.2. The van der Waals surface area contributed by atoms with Crippen molar-refractivity contribution in [1.29, 1.82) is 0 Å². The molecule has 0 aromatic rings. The first kappa shape index (κ1) is 23.3. The summed E-state index contributed by atoms with van der Waals surface area (Å²) in [6.45, 7) is 19.3. The van der Waals surface area contributed by atoms with Gasteiger partial charge in [-0.1, -0.05) is 0 Å². The predicted molar refractivity (Wildman–Crippen MR) is 121 cm³/mol. The van der Waals surface area contributed by atoms with Crippen molar-refractivity contribution in [3.63, 3.8) is 0 Å². The predicted octanol–water partition coefficient (Wildman–Crippen LogP) is 4.00. The first-order valence-corrected chi connectivity index (χ1v) is 11.6. The minimum atomic E-state index is -0.519. The highest BCUT2D eigenvalue weighted by Crippen LogP contribution is 2.41. The fraction of sp³-hybridized carbons (Fsp3) is 0.800. The topological polar surface area (TPSA) is 65.3 Å². The third kappa shape index (κ3) is 3.99. The molecule has 0 bridgehead atoms. The van der Waals surface area contributed by atoms with Crippen LogP contribution < -0.4 is 0 Å². The minimum absolute atomic E-state index is 0.0392. The lowest BCUT2D eigenvalue weighted by molar-refractivity contribution is -0.137. The number of hydrogen-bond donors (Lipinski definition) is 0. The SMILES string of the molecule is CC(=O)N1C(C)(C)N=C(SCCSC2=NC(C)(C)N(C(C)=O)C2(C)C)C1(C)C. The number of thioether (sulfide) groups is 2. The summed E-state index contributed by atoms with van der Waals surface area (Å²) >= 11 is 3.41. The zero-order valence-electron chi connectivity index (χ0n) is 18.8. The van der Waals surface area contributed by atoms with Crippen LogP contribution in [0.2, 0.25) is 0 Å². The third-order valence-corrected chi connectivity index (χ3v) is 8.00. The molecular weight excluding hydrogens is 392 g/mol. The Bertz CT molecular complexity index is 676. The second-order valence-electron chi connectivity index (χ2n) is 9.35. The van der Waals surface area contributed by atoms with Gasteiger partial charge in [-0.05, 0) is 55.4 Å². The summed E-state index contributed by atoms with van der Waals surface area (Å²) in [5.74, 6) is 1.81. The quantitative estimate of drug-likeness (QED) is 0.640. The number of hydrogen-bond acceptors (Lipinski definition) is 6. The Labute approximate surface area is 178 Å². The van der Waals surface area contributed by atoms with E-state index in [0.29, 0.717) is 0 Å². The van der Waals surface area contributed by atoms with Crippen LogP contribution in [0.15, 0.2) is 9.98 Å². The van der Waals surface area contributed by atoms with Crippen molar-refractivity contribution in [3.8, 4) is 0 Å². The van der Waals surface area contributed by atoms with Crippen LogP contribution in [0.3, 0.4) is 0 Å². The molecule has 0 aromatic heterocycles. The van der Waals surface area contributed by atoms with Crippen molar-refractivity contribution in [2.75, 3.05) is 11.5 Å². The Kier molecular flexibility index (Phi) is 6.10. The molecule has 0 radical (unpaired) electrons. The van der Waals surface area contributed by atoms with E-state index < -0.39 is 22.4 Å². The monoisotopic (exact) mass is 426 g/mol. The summed E-state index contributed by atoms with van der Waals surface area (Å²) in [5.41, 5.74) is -1.84. The molecule has 0 aromatic carbocycles. The van der Waals surface area contributed by atoms with Crippen LogP contribution in [0, 0.1) is 0 Å². The zero-order chi connectivity index (χ0) is 21.7. The number of nitrogens with zero attached hydrogens (tertiary/aromatic N) is 4. The summed E-state index contributed by atoms with van der Waals surface area (Å²) in [6, 6.07) is 0. The van der Waals surface area contributed by atoms with Gasteiger partial charge in [0.15, 0.2) is 0 Å². The Balaban J connectivity index is 2.02. The summed E-state index contributed by atoms with van der Waals surface area (Å²) in [6.07, 6.45) is 0. The van der Waals surface area contributed by atoms with E-state index in [4.69, 9.17) is 9.98 Å². The van der Waals surface area contributed by atoms with E-state index in [2.05, 4.69) is 27.7 Å². The average molecular weight is 427 g/mol. The van der Waals surface area contributed by atoms with Crippen LogP contribution in [0.25, 0.3) is 0 Å². The van der Waals surface area contributed by atoms with Gasteiger partial charge in [-0.3, -0.25) is 19.6 Å². The van der Waals surface area contributed by atoms with Gasteiger partial charge < -0.3 is 9.80 Å². The van der Waals surface area contributed by atoms with Crippen LogP contribution >= 0.6 is 23.5 Å². The van der Waals surface area contributed by atoms with Gasteiger partial charge in [-0.25, -0.2) is 0 Å². The second-order valence-corrected chi connectivity index (χ2v) is 11.5. The lowest BCUT2D eigenvalue weighted by Crippen LogP contribution is -2.54. The molecule has 0 saturated heterocycles. The van der Waals surface area contributed by atoms with Crippen molar-refractivity contribution in [2.45, 2.75) is 91.6 Å². The smallest absolute Gasteiger partial charge is 0.222 e. The Morgan fingerprint density at radius 3 is 1.21 bits per heavy atom. The van der Waals surface area contributed by atoms with Gasteiger partial charge in [-0.2, -0.15) is 0 Å². The van der Waals surface area contributed by atoms with Crippen molar-refractivity contribution >= 4 is 45.4 Å². The Morgan fingerprint density at radius 1 is 0.714 bits per heavy atom. The maximum Gasteiger partial charge on any atom is 0.222 e. The van der Waals surface area contributed by atoms with E-state index in [9.17, 15) is 9.59 Å². The van der Waals surface area contributed by atoms with E-state index in [-0.39, 0.29) is 11.8 Å². The number of amides is 2. The number of rotatable bonds is 3. The molecule has 6 nitrogen and oxygen atoms in total. The van der Waals surface area contributed by atoms with E-state index in [1.807, 2.05) is 37.5 Å². The summed E-state index contributed by atoms with van der Waals surface area (Å²) in [4.78, 5) is 37.6. The molecule has 0 spiro atoms. The highest BCUT2D eigenvalue weighted by Gasteiger charge is 2.50. The first-order valence-electron chi connectivity index (χ1n) is 9.63. The highest BCUT2D eigenvalue weighted by atomic mass is 32.2. The number of aliphatic imine (C=N–C) groups is 2. The molecule has 2 amide bonds. The molecule has 0 fully saturated rings. The molecule has 2 rings (SSSR count). The third-order valence-electron chi connectivity index (χ3n) is 5.20. The molecule has 0 aliphatic carbocycles. The lowest BCUT2D eigenvalue weighted by Gasteiger charge is -2.39. The first-order chi connectivity index (χ1) is 12.5. The molecule has 0 unspecified atom stereocenters. The van der Waals surface area contributed by atoms with Crippen molar-refractivity contribution in [2.24, 2.45) is 9.98 Å². The zero-order valence-corrected chi connectivity index (χ0v) is 20.5. The molecule has 2 aliphatic rings. The molecule has 0 N–H and O–H groups in total. The van der Waals surface area contributed by atoms with Gasteiger partial charge in [0.2, 0.25) is 11.8 Å². The summed E-state index contributed by atoms with van der Waals surface area (Å²) in [5, 5.41) is 1.98. The van der Waals surface area contributed by atoms with E-state index in [1.165, 1.54) is 0 Å². The van der Waals surface area contributed by atoms with Gasteiger partial charge in [0, 0.05) is 25.4 Å². The van der Waals surface area contributed by atoms with Crippen LogP contribution in [0.1, 0.15) is 69.2 Å². The maximum atomic E-state index is 12.1. The highest BCUT2D eigenvalue weighted by molar-refractivity contribution is 8.17. The van der Waals surface area contributed by atoms with E-state index in [1.54, 1.807) is 37.4 Å². The molecular formula is C20H34N4O2S2. The van der Waals surface area contributed by atoms with Gasteiger partial charge in [-0.15, -0.1) is 23.5 Å². The van der Waals surface area contributed by atoms with Crippen molar-refractivity contribution in [1.82, 2.24) is 9.80 Å². The van der Waals surface area contributed by atoms with Crippen molar-refractivity contribution in [3.05, 3.63) is 0 Å². The number of carbonyl (C=O) groups is 2. The summed E-state index contributed by atoms with van der Waals surface area (Å²) < 4.78 is 0. The Morgan fingerprint density at radius 2 is 1.00 bits per heavy atom. The molecule has 2 aliphatic heterocycles. The van der Waals surface area contributed by atoms with Crippen LogP contribution in [0.5, 0.6) is 0 Å². The molecule has 28 heavy (non-hydrogen) atoms. The fourth-order valence-electron chi connectivity index (χ4n) is 4.68. The molecule has 8 heteroatoms. The van der Waals surface area contributed by atoms with Gasteiger partial charge in [0.1, 0.15) is 11.3 Å². The van der Waals surface area contributed by atoms with Gasteiger partial charge in [0.05, 0.1) is 21.2 Å². The van der Waals surface area contributed by atoms with Crippen LogP contribution in [-0.2, 0) is 9.59 Å². The molecule has 158 valence electrons. The second kappa shape index (κ2) is 7.35. The fourth-order valence-corrected chi connectivity index (χ4v) is 7.20.